The molecule has 0 unspecified atom stereocenters. The van der Waals surface area contributed by atoms with Gasteiger partial charge in [0.15, 0.2) is 6.61 Å². The summed E-state index contributed by atoms with van der Waals surface area (Å²) in [5.41, 5.74) is 0.702. The summed E-state index contributed by atoms with van der Waals surface area (Å²) >= 11 is 1.95. The Bertz CT molecular complexity index is 483. The summed E-state index contributed by atoms with van der Waals surface area (Å²) in [7, 11) is 0. The maximum atomic E-state index is 12.0. The number of nitrogens with one attached hydrogen (secondary N) is 1. The fourth-order valence-corrected chi connectivity index (χ4v) is 3.41. The van der Waals surface area contributed by atoms with Crippen molar-refractivity contribution in [1.29, 1.82) is 0 Å². The van der Waals surface area contributed by atoms with Crippen LogP contribution in [0.2, 0.25) is 0 Å². The van der Waals surface area contributed by atoms with Gasteiger partial charge in [0.1, 0.15) is 5.75 Å². The topological polar surface area (TPSA) is 75.6 Å². The summed E-state index contributed by atoms with van der Waals surface area (Å²) in [6.45, 7) is -0.370. The van der Waals surface area contributed by atoms with Crippen LogP contribution in [0.1, 0.15) is 19.3 Å². The summed E-state index contributed by atoms with van der Waals surface area (Å²) in [4.78, 5) is 22.3. The number of thioether (sulfide) groups is 1. The molecule has 21 heavy (non-hydrogen) atoms. The number of hydrogen-bond acceptors (Lipinski definition) is 4. The van der Waals surface area contributed by atoms with E-state index in [-0.39, 0.29) is 12.5 Å². The van der Waals surface area contributed by atoms with E-state index in [1.165, 1.54) is 0 Å². The standard InChI is InChI=1S/C15H19NO4S/c17-14(9-11-5-7-21-8-6-11)16-12-1-3-13(4-2-12)20-10-15(18)19/h1-4,11H,5-10H2,(H,16,17)(H,18,19). The van der Waals surface area contributed by atoms with E-state index in [4.69, 9.17) is 9.84 Å². The zero-order valence-corrected chi connectivity index (χ0v) is 12.5. The third-order valence-corrected chi connectivity index (χ3v) is 4.36. The second kappa shape index (κ2) is 7.93. The largest absolute Gasteiger partial charge is 0.482 e. The molecule has 1 aromatic rings. The van der Waals surface area contributed by atoms with E-state index in [0.717, 1.165) is 24.3 Å². The van der Waals surface area contributed by atoms with E-state index in [1.807, 2.05) is 11.8 Å². The Kier molecular flexibility index (Phi) is 5.92. The monoisotopic (exact) mass is 309 g/mol. The van der Waals surface area contributed by atoms with Crippen molar-refractivity contribution in [3.05, 3.63) is 24.3 Å². The van der Waals surface area contributed by atoms with Crippen LogP contribution in [-0.4, -0.2) is 35.1 Å². The molecule has 6 heteroatoms. The summed E-state index contributed by atoms with van der Waals surface area (Å²) in [5.74, 6) is 2.27. The minimum absolute atomic E-state index is 0.0334. The van der Waals surface area contributed by atoms with Crippen LogP contribution in [0.3, 0.4) is 0 Å². The minimum atomic E-state index is -1.02. The van der Waals surface area contributed by atoms with Crippen molar-refractivity contribution >= 4 is 29.3 Å². The Morgan fingerprint density at radius 1 is 1.24 bits per heavy atom. The summed E-state index contributed by atoms with van der Waals surface area (Å²) in [5, 5.41) is 11.4. The van der Waals surface area contributed by atoms with Crippen LogP contribution in [0.25, 0.3) is 0 Å². The SMILES string of the molecule is O=C(O)COc1ccc(NC(=O)CC2CCSCC2)cc1. The van der Waals surface area contributed by atoms with Crippen molar-refractivity contribution < 1.29 is 19.4 Å². The van der Waals surface area contributed by atoms with Crippen molar-refractivity contribution in [2.45, 2.75) is 19.3 Å². The number of carboxylic acid groups (broad SMARTS) is 1. The molecular weight excluding hydrogens is 290 g/mol. The van der Waals surface area contributed by atoms with Crippen LogP contribution in [0, 0.1) is 5.92 Å². The summed E-state index contributed by atoms with van der Waals surface area (Å²) in [6.07, 6.45) is 2.79. The molecule has 1 aromatic carbocycles. The smallest absolute Gasteiger partial charge is 0.341 e. The number of benzene rings is 1. The van der Waals surface area contributed by atoms with Gasteiger partial charge in [-0.1, -0.05) is 0 Å². The number of rotatable bonds is 6. The second-order valence-electron chi connectivity index (χ2n) is 5.01. The molecular formula is C15H19NO4S. The molecule has 0 saturated carbocycles. The number of anilines is 1. The number of hydrogen-bond donors (Lipinski definition) is 2. The Labute approximate surface area is 128 Å². The van der Waals surface area contributed by atoms with Crippen LogP contribution in [-0.2, 0) is 9.59 Å². The highest BCUT2D eigenvalue weighted by atomic mass is 32.2. The van der Waals surface area contributed by atoms with Gasteiger partial charge in [-0.15, -0.1) is 0 Å². The maximum absolute atomic E-state index is 12.0. The number of ether oxygens (including phenoxy) is 1. The lowest BCUT2D eigenvalue weighted by Gasteiger charge is -2.20. The molecule has 0 spiro atoms. The molecule has 1 fully saturated rings. The van der Waals surface area contributed by atoms with E-state index in [1.54, 1.807) is 24.3 Å². The lowest BCUT2D eigenvalue weighted by molar-refractivity contribution is -0.139. The zero-order chi connectivity index (χ0) is 15.1. The van der Waals surface area contributed by atoms with Gasteiger partial charge < -0.3 is 15.2 Å². The molecule has 2 rings (SSSR count). The first-order chi connectivity index (χ1) is 10.1. The van der Waals surface area contributed by atoms with E-state index in [0.29, 0.717) is 23.8 Å². The predicted molar refractivity (Wildman–Crippen MR) is 82.9 cm³/mol. The molecule has 0 atom stereocenters. The van der Waals surface area contributed by atoms with Crippen molar-refractivity contribution in [2.75, 3.05) is 23.4 Å². The number of carbonyl (C=O) groups excluding carboxylic acids is 1. The first-order valence-corrected chi connectivity index (χ1v) is 8.11. The Hall–Kier alpha value is -1.69. The molecule has 0 aliphatic carbocycles. The molecule has 0 bridgehead atoms. The van der Waals surface area contributed by atoms with Crippen LogP contribution >= 0.6 is 11.8 Å². The van der Waals surface area contributed by atoms with Gasteiger partial charge in [-0.2, -0.15) is 11.8 Å². The molecule has 1 saturated heterocycles. The van der Waals surface area contributed by atoms with Gasteiger partial charge in [-0.05, 0) is 54.5 Å². The lowest BCUT2D eigenvalue weighted by Crippen LogP contribution is -2.19. The Morgan fingerprint density at radius 2 is 1.90 bits per heavy atom. The van der Waals surface area contributed by atoms with Crippen molar-refractivity contribution in [3.8, 4) is 5.75 Å². The van der Waals surface area contributed by atoms with Crippen molar-refractivity contribution in [3.63, 3.8) is 0 Å². The molecule has 1 amide bonds. The molecule has 1 aliphatic rings. The van der Waals surface area contributed by atoms with Crippen LogP contribution < -0.4 is 10.1 Å². The first kappa shape index (κ1) is 15.7. The van der Waals surface area contributed by atoms with E-state index < -0.39 is 5.97 Å². The van der Waals surface area contributed by atoms with Gasteiger partial charge in [-0.3, -0.25) is 4.79 Å². The highest BCUT2D eigenvalue weighted by molar-refractivity contribution is 7.99. The average molecular weight is 309 g/mol. The summed E-state index contributed by atoms with van der Waals surface area (Å²) < 4.78 is 5.03. The van der Waals surface area contributed by atoms with Crippen molar-refractivity contribution in [2.24, 2.45) is 5.92 Å². The molecule has 114 valence electrons. The number of amides is 1. The maximum Gasteiger partial charge on any atom is 0.341 e. The minimum Gasteiger partial charge on any atom is -0.482 e. The first-order valence-electron chi connectivity index (χ1n) is 6.96. The molecule has 1 heterocycles. The van der Waals surface area contributed by atoms with Crippen molar-refractivity contribution in [1.82, 2.24) is 0 Å². The third-order valence-electron chi connectivity index (χ3n) is 3.32. The predicted octanol–water partition coefficient (Wildman–Crippen LogP) is 2.62. The van der Waals surface area contributed by atoms with E-state index in [2.05, 4.69) is 5.32 Å². The quantitative estimate of drug-likeness (QED) is 0.845. The normalized spacial score (nSPS) is 15.4. The van der Waals surface area contributed by atoms with Crippen LogP contribution in [0.5, 0.6) is 5.75 Å². The highest BCUT2D eigenvalue weighted by Gasteiger charge is 2.17. The molecule has 0 aromatic heterocycles. The zero-order valence-electron chi connectivity index (χ0n) is 11.7. The van der Waals surface area contributed by atoms with Crippen LogP contribution in [0.15, 0.2) is 24.3 Å². The van der Waals surface area contributed by atoms with Gasteiger partial charge >= 0.3 is 5.97 Å². The van der Waals surface area contributed by atoms with Gasteiger partial charge in [0.2, 0.25) is 5.91 Å². The third kappa shape index (κ3) is 5.67. The fraction of sp³-hybridized carbons (Fsp3) is 0.467. The fourth-order valence-electron chi connectivity index (χ4n) is 2.20. The molecule has 1 aliphatic heterocycles. The Morgan fingerprint density at radius 3 is 2.52 bits per heavy atom. The summed E-state index contributed by atoms with van der Waals surface area (Å²) in [6, 6.07) is 6.73. The number of carboxylic acids is 1. The number of aliphatic carboxylic acids is 1. The van der Waals surface area contributed by atoms with E-state index in [9.17, 15) is 9.59 Å². The lowest BCUT2D eigenvalue weighted by atomic mass is 9.98. The molecule has 0 radical (unpaired) electrons. The highest BCUT2D eigenvalue weighted by Crippen LogP contribution is 2.25. The van der Waals surface area contributed by atoms with Gasteiger partial charge in [-0.25, -0.2) is 4.79 Å². The number of carbonyl (C=O) groups is 2. The second-order valence-corrected chi connectivity index (χ2v) is 6.24. The van der Waals surface area contributed by atoms with Gasteiger partial charge in [0.25, 0.3) is 0 Å². The molecule has 2 N–H and O–H groups in total. The Balaban J connectivity index is 1.79. The van der Waals surface area contributed by atoms with Gasteiger partial charge in [0.05, 0.1) is 0 Å². The average Bonchev–Trinajstić information content (AvgIpc) is 2.47. The van der Waals surface area contributed by atoms with E-state index >= 15 is 0 Å². The van der Waals surface area contributed by atoms with Gasteiger partial charge in [0, 0.05) is 12.1 Å². The van der Waals surface area contributed by atoms with Crippen LogP contribution in [0.4, 0.5) is 5.69 Å². The molecule has 5 nitrogen and oxygen atoms in total.